The van der Waals surface area contributed by atoms with E-state index in [4.69, 9.17) is 9.47 Å². The highest BCUT2D eigenvalue weighted by molar-refractivity contribution is 7.10. The van der Waals surface area contributed by atoms with Crippen LogP contribution in [-0.2, 0) is 25.9 Å². The summed E-state index contributed by atoms with van der Waals surface area (Å²) >= 11 is 0.844. The molecule has 1 heterocycles. The summed E-state index contributed by atoms with van der Waals surface area (Å²) in [5.74, 6) is -5.11. The lowest BCUT2D eigenvalue weighted by molar-refractivity contribution is -0.160. The largest absolute Gasteiger partial charge is 0.513 e. The monoisotopic (exact) mass is 670 g/mol. The number of ether oxygens (including phenoxy) is 2. The van der Waals surface area contributed by atoms with Gasteiger partial charge in [-0.05, 0) is 59.0 Å². The number of hydrogen-bond acceptors (Lipinski definition) is 8. The molecule has 47 heavy (non-hydrogen) atoms. The minimum Gasteiger partial charge on any atom is -0.480 e. The maximum absolute atomic E-state index is 13.4. The molecule has 0 bridgehead atoms. The third-order valence-electron chi connectivity index (χ3n) is 6.85. The van der Waals surface area contributed by atoms with Gasteiger partial charge in [-0.15, -0.1) is 11.3 Å². The summed E-state index contributed by atoms with van der Waals surface area (Å²) in [4.78, 5) is 64.0. The number of halogens is 3. The molecule has 0 atom stereocenters. The Labute approximate surface area is 268 Å². The highest BCUT2D eigenvalue weighted by atomic mass is 32.1. The number of carboxylic acids is 2. The van der Waals surface area contributed by atoms with E-state index in [0.717, 1.165) is 29.5 Å². The number of hydrogen-bond donors (Lipinski definition) is 3. The van der Waals surface area contributed by atoms with Crippen LogP contribution < -0.4 is 10.1 Å². The molecular formula is C32H25F3N2O9S. The first kappa shape index (κ1) is 34.2. The van der Waals surface area contributed by atoms with Crippen molar-refractivity contribution in [3.05, 3.63) is 106 Å². The number of carbonyl (C=O) groups is 5. The van der Waals surface area contributed by atoms with Gasteiger partial charge in [0, 0.05) is 24.5 Å². The molecule has 4 aromatic rings. The number of benzene rings is 3. The number of nitrogens with one attached hydrogen (secondary N) is 1. The van der Waals surface area contributed by atoms with Crippen LogP contribution in [0.5, 0.6) is 5.75 Å². The molecule has 0 saturated carbocycles. The van der Waals surface area contributed by atoms with Crippen LogP contribution in [0.1, 0.15) is 31.2 Å². The highest BCUT2D eigenvalue weighted by Gasteiger charge is 2.51. The fraction of sp³-hybridized carbons (Fsp3) is 0.156. The van der Waals surface area contributed by atoms with Gasteiger partial charge < -0.3 is 29.9 Å². The summed E-state index contributed by atoms with van der Waals surface area (Å²) in [6, 6.07) is 16.7. The van der Waals surface area contributed by atoms with Crippen molar-refractivity contribution in [1.82, 2.24) is 4.90 Å². The van der Waals surface area contributed by atoms with Crippen molar-refractivity contribution in [2.75, 3.05) is 26.0 Å². The Morgan fingerprint density at radius 1 is 0.851 bits per heavy atom. The minimum atomic E-state index is -4.54. The number of aliphatic carboxylic acids is 2. The third-order valence-corrected chi connectivity index (χ3v) is 7.88. The lowest BCUT2D eigenvalue weighted by Gasteiger charge is -2.23. The molecular weight excluding hydrogens is 645 g/mol. The van der Waals surface area contributed by atoms with Crippen LogP contribution in [0, 0.1) is 0 Å². The van der Waals surface area contributed by atoms with Crippen molar-refractivity contribution in [2.24, 2.45) is 0 Å². The van der Waals surface area contributed by atoms with Gasteiger partial charge in [-0.1, -0.05) is 36.4 Å². The quantitative estimate of drug-likeness (QED) is 0.104. The van der Waals surface area contributed by atoms with E-state index in [1.807, 2.05) is 0 Å². The summed E-state index contributed by atoms with van der Waals surface area (Å²) in [5, 5.41) is 23.5. The zero-order chi connectivity index (χ0) is 34.5. The molecule has 0 unspecified atom stereocenters. The Balaban J connectivity index is 1.57. The second-order valence-corrected chi connectivity index (χ2v) is 11.1. The molecule has 244 valence electrons. The van der Waals surface area contributed by atoms with Crippen LogP contribution in [0.2, 0.25) is 0 Å². The van der Waals surface area contributed by atoms with E-state index in [1.54, 1.807) is 18.2 Å². The smallest absolute Gasteiger partial charge is 0.480 e. The van der Waals surface area contributed by atoms with E-state index in [1.165, 1.54) is 66.8 Å². The van der Waals surface area contributed by atoms with Crippen LogP contribution in [0.25, 0.3) is 11.1 Å². The number of carboxylic acid groups (broad SMARTS) is 2. The van der Waals surface area contributed by atoms with Gasteiger partial charge in [0.1, 0.15) is 12.4 Å². The Morgan fingerprint density at radius 2 is 1.51 bits per heavy atom. The van der Waals surface area contributed by atoms with E-state index in [9.17, 15) is 47.4 Å². The zero-order valence-corrected chi connectivity index (χ0v) is 25.3. The number of alkyl halides is 3. The van der Waals surface area contributed by atoms with E-state index >= 15 is 0 Å². The Hall–Kier alpha value is -5.70. The van der Waals surface area contributed by atoms with Crippen molar-refractivity contribution in [2.45, 2.75) is 11.6 Å². The first-order valence-corrected chi connectivity index (χ1v) is 14.3. The summed E-state index contributed by atoms with van der Waals surface area (Å²) in [7, 11) is 2.86. The zero-order valence-electron chi connectivity index (χ0n) is 24.5. The van der Waals surface area contributed by atoms with Gasteiger partial charge in [-0.2, -0.15) is 13.2 Å². The Morgan fingerprint density at radius 3 is 2.09 bits per heavy atom. The number of carbonyl (C=O) groups excluding carboxylic acids is 3. The summed E-state index contributed by atoms with van der Waals surface area (Å²) in [6.07, 6.45) is -6.00. The third kappa shape index (κ3) is 7.41. The highest BCUT2D eigenvalue weighted by Crippen LogP contribution is 2.33. The van der Waals surface area contributed by atoms with Crippen LogP contribution in [-0.4, -0.2) is 65.7 Å². The molecule has 0 saturated heterocycles. The molecule has 11 nitrogen and oxygen atoms in total. The molecule has 4 rings (SSSR count). The van der Waals surface area contributed by atoms with Crippen molar-refractivity contribution >= 4 is 46.9 Å². The number of thiophene rings is 1. The van der Waals surface area contributed by atoms with Crippen molar-refractivity contribution < 1.29 is 56.8 Å². The van der Waals surface area contributed by atoms with E-state index in [2.05, 4.69) is 5.32 Å². The molecule has 0 fully saturated rings. The van der Waals surface area contributed by atoms with Crippen LogP contribution >= 0.6 is 11.3 Å². The number of nitrogens with zero attached hydrogens (tertiary/aromatic N) is 1. The summed E-state index contributed by atoms with van der Waals surface area (Å²) in [5.41, 5.74) is -2.84. The molecule has 0 aliphatic heterocycles. The minimum absolute atomic E-state index is 0.00916. The normalized spacial score (nSPS) is 11.3. The second kappa shape index (κ2) is 13.7. The van der Waals surface area contributed by atoms with Gasteiger partial charge in [0.2, 0.25) is 5.41 Å². The molecule has 3 aromatic carbocycles. The Kier molecular flexibility index (Phi) is 9.99. The summed E-state index contributed by atoms with van der Waals surface area (Å²) < 4.78 is 49.2. The molecule has 1 aromatic heterocycles. The maximum atomic E-state index is 13.4. The van der Waals surface area contributed by atoms with Gasteiger partial charge in [-0.25, -0.2) is 4.79 Å². The summed E-state index contributed by atoms with van der Waals surface area (Å²) in [6.45, 7) is -1.10. The predicted octanol–water partition coefficient (Wildman–Crippen LogP) is 6.01. The SMILES string of the molecule is CN(C)C(=O)c1cc(OC(=O)OCC(C(=O)O)(C(=O)O)c2cccs2)ccc1NC(=O)c1ccccc1-c1ccc(C(F)(F)F)cc1. The number of anilines is 1. The maximum Gasteiger partial charge on any atom is 0.513 e. The van der Waals surface area contributed by atoms with Gasteiger partial charge in [-0.3, -0.25) is 19.2 Å². The van der Waals surface area contributed by atoms with Crippen molar-refractivity contribution in [3.8, 4) is 16.9 Å². The van der Waals surface area contributed by atoms with E-state index in [-0.39, 0.29) is 27.4 Å². The molecule has 15 heteroatoms. The lowest BCUT2D eigenvalue weighted by atomic mass is 9.87. The number of amides is 2. The van der Waals surface area contributed by atoms with E-state index < -0.39 is 53.7 Å². The van der Waals surface area contributed by atoms with Crippen LogP contribution in [0.15, 0.2) is 84.2 Å². The first-order chi connectivity index (χ1) is 22.1. The van der Waals surface area contributed by atoms with Crippen LogP contribution in [0.4, 0.5) is 23.7 Å². The topological polar surface area (TPSA) is 160 Å². The fourth-order valence-corrected chi connectivity index (χ4v) is 5.28. The van der Waals surface area contributed by atoms with Gasteiger partial charge in [0.05, 0.1) is 16.8 Å². The molecule has 0 aliphatic carbocycles. The lowest BCUT2D eigenvalue weighted by Crippen LogP contribution is -2.47. The van der Waals surface area contributed by atoms with Crippen molar-refractivity contribution in [3.63, 3.8) is 0 Å². The van der Waals surface area contributed by atoms with Gasteiger partial charge >= 0.3 is 24.3 Å². The number of rotatable bonds is 10. The molecule has 3 N–H and O–H groups in total. The average Bonchev–Trinajstić information content (AvgIpc) is 3.56. The van der Waals surface area contributed by atoms with Gasteiger partial charge in [0.25, 0.3) is 11.8 Å². The molecule has 2 amide bonds. The van der Waals surface area contributed by atoms with E-state index in [0.29, 0.717) is 11.1 Å². The fourth-order valence-electron chi connectivity index (χ4n) is 4.39. The molecule has 0 radical (unpaired) electrons. The Bertz CT molecular complexity index is 1810. The first-order valence-electron chi connectivity index (χ1n) is 13.4. The molecule has 0 aliphatic rings. The standard InChI is InChI=1S/C32H25F3N2O9S/c1-37(2)27(39)23-16-20(46-30(44)45-17-31(28(40)41,29(42)43)25-8-5-15-47-25)13-14-24(23)36-26(38)22-7-4-3-6-21(22)18-9-11-19(12-10-18)32(33,34)35/h3-16H,17H2,1-2H3,(H,36,38)(H,40,41)(H,42,43). The second-order valence-electron chi connectivity index (χ2n) is 10.1. The average molecular weight is 671 g/mol. The van der Waals surface area contributed by atoms with Gasteiger partial charge in [0.15, 0.2) is 0 Å². The van der Waals surface area contributed by atoms with Crippen molar-refractivity contribution in [1.29, 1.82) is 0 Å². The van der Waals surface area contributed by atoms with Crippen LogP contribution in [0.3, 0.4) is 0 Å². The molecule has 0 spiro atoms. The predicted molar refractivity (Wildman–Crippen MR) is 163 cm³/mol.